The molecule has 0 fully saturated rings. The van der Waals surface area contributed by atoms with Crippen LogP contribution < -0.4 is 5.32 Å². The normalized spacial score (nSPS) is 12.1. The number of rotatable bonds is 4. The van der Waals surface area contributed by atoms with Crippen LogP contribution in [0, 0.1) is 5.82 Å². The van der Waals surface area contributed by atoms with Gasteiger partial charge in [-0.3, -0.25) is 9.89 Å². The molecule has 0 saturated carbocycles. The average Bonchev–Trinajstić information content (AvgIpc) is 3.19. The van der Waals surface area contributed by atoms with Crippen molar-refractivity contribution in [3.8, 4) is 5.69 Å². The minimum Gasteiger partial charge on any atom is -0.344 e. The average molecular weight is 299 g/mol. The van der Waals surface area contributed by atoms with Gasteiger partial charge in [0.1, 0.15) is 17.2 Å². The Morgan fingerprint density at radius 1 is 1.36 bits per heavy atom. The first kappa shape index (κ1) is 14.0. The van der Waals surface area contributed by atoms with E-state index in [-0.39, 0.29) is 17.8 Å². The molecule has 0 radical (unpaired) electrons. The van der Waals surface area contributed by atoms with Gasteiger partial charge in [0, 0.05) is 18.0 Å². The van der Waals surface area contributed by atoms with E-state index in [1.807, 2.05) is 6.92 Å². The minimum atomic E-state index is -0.355. The Morgan fingerprint density at radius 3 is 2.91 bits per heavy atom. The zero-order chi connectivity index (χ0) is 15.5. The van der Waals surface area contributed by atoms with Gasteiger partial charge in [-0.2, -0.15) is 10.2 Å². The van der Waals surface area contributed by atoms with Gasteiger partial charge in [0.2, 0.25) is 0 Å². The first-order chi connectivity index (χ1) is 10.6. The van der Waals surface area contributed by atoms with Crippen LogP contribution >= 0.6 is 0 Å². The summed E-state index contributed by atoms with van der Waals surface area (Å²) in [6, 6.07) is 7.70. The van der Waals surface area contributed by atoms with Gasteiger partial charge in [-0.25, -0.2) is 9.07 Å². The maximum absolute atomic E-state index is 13.7. The van der Waals surface area contributed by atoms with Crippen LogP contribution in [-0.4, -0.2) is 25.9 Å². The number of H-pyrrole nitrogens is 1. The second-order valence-electron chi connectivity index (χ2n) is 4.84. The van der Waals surface area contributed by atoms with E-state index >= 15 is 0 Å². The van der Waals surface area contributed by atoms with Crippen LogP contribution in [-0.2, 0) is 0 Å². The van der Waals surface area contributed by atoms with Crippen LogP contribution in [0.2, 0.25) is 0 Å². The second kappa shape index (κ2) is 5.80. The van der Waals surface area contributed by atoms with E-state index < -0.39 is 0 Å². The molecule has 112 valence electrons. The number of nitrogens with zero attached hydrogens (tertiary/aromatic N) is 3. The summed E-state index contributed by atoms with van der Waals surface area (Å²) in [4.78, 5) is 12.0. The van der Waals surface area contributed by atoms with E-state index in [0.29, 0.717) is 11.4 Å². The van der Waals surface area contributed by atoms with Crippen LogP contribution in [0.3, 0.4) is 0 Å². The molecular formula is C15H14FN5O. The lowest BCUT2D eigenvalue weighted by Gasteiger charge is -2.11. The third-order valence-corrected chi connectivity index (χ3v) is 3.29. The molecule has 0 aliphatic heterocycles. The molecule has 0 bridgehead atoms. The van der Waals surface area contributed by atoms with Crippen LogP contribution in [0.5, 0.6) is 0 Å². The van der Waals surface area contributed by atoms with Crippen molar-refractivity contribution < 1.29 is 9.18 Å². The number of aromatic amines is 1. The summed E-state index contributed by atoms with van der Waals surface area (Å²) in [5.41, 5.74) is 1.52. The quantitative estimate of drug-likeness (QED) is 0.775. The van der Waals surface area contributed by atoms with E-state index in [1.54, 1.807) is 36.7 Å². The van der Waals surface area contributed by atoms with Crippen molar-refractivity contribution in [2.24, 2.45) is 0 Å². The van der Waals surface area contributed by atoms with Crippen molar-refractivity contribution in [3.63, 3.8) is 0 Å². The molecule has 0 aliphatic carbocycles. The maximum atomic E-state index is 13.7. The number of nitrogens with one attached hydrogen (secondary N) is 2. The molecule has 6 nitrogen and oxygen atoms in total. The second-order valence-corrected chi connectivity index (χ2v) is 4.84. The fraction of sp³-hybridized carbons (Fsp3) is 0.133. The Labute approximate surface area is 126 Å². The smallest absolute Gasteiger partial charge is 0.269 e. The van der Waals surface area contributed by atoms with Gasteiger partial charge >= 0.3 is 0 Å². The predicted octanol–water partition coefficient (Wildman–Crippen LogP) is 2.23. The standard InChI is InChI=1S/C15H14FN5O/c1-10(19-15(22)13-6-7-17-20-13)11-8-18-21(9-11)14-5-3-2-4-12(14)16/h2-10H,1H3,(H,17,20)(H,19,22)/t10-/m0/s1. The van der Waals surface area contributed by atoms with Gasteiger partial charge in [0.05, 0.1) is 12.2 Å². The molecule has 3 aromatic rings. The molecule has 22 heavy (non-hydrogen) atoms. The van der Waals surface area contributed by atoms with E-state index in [1.165, 1.54) is 16.9 Å². The Balaban J connectivity index is 1.76. The fourth-order valence-corrected chi connectivity index (χ4v) is 2.07. The van der Waals surface area contributed by atoms with Crippen molar-refractivity contribution in [2.75, 3.05) is 0 Å². The Bertz CT molecular complexity index is 781. The van der Waals surface area contributed by atoms with Crippen molar-refractivity contribution in [1.29, 1.82) is 0 Å². The molecule has 1 aromatic carbocycles. The lowest BCUT2D eigenvalue weighted by Crippen LogP contribution is -2.26. The highest BCUT2D eigenvalue weighted by Crippen LogP contribution is 2.16. The van der Waals surface area contributed by atoms with Gasteiger partial charge in [0.25, 0.3) is 5.91 Å². The highest BCUT2D eigenvalue weighted by atomic mass is 19.1. The van der Waals surface area contributed by atoms with Gasteiger partial charge in [-0.05, 0) is 25.1 Å². The Hall–Kier alpha value is -2.96. The zero-order valence-corrected chi connectivity index (χ0v) is 11.8. The molecule has 0 spiro atoms. The van der Waals surface area contributed by atoms with Crippen LogP contribution in [0.4, 0.5) is 4.39 Å². The topological polar surface area (TPSA) is 75.6 Å². The molecule has 1 atom stereocenters. The number of hydrogen-bond donors (Lipinski definition) is 2. The van der Waals surface area contributed by atoms with Crippen LogP contribution in [0.25, 0.3) is 5.69 Å². The van der Waals surface area contributed by atoms with E-state index in [0.717, 1.165) is 5.56 Å². The molecule has 2 N–H and O–H groups in total. The highest BCUT2D eigenvalue weighted by molar-refractivity contribution is 5.92. The van der Waals surface area contributed by atoms with Crippen molar-refractivity contribution >= 4 is 5.91 Å². The molecule has 2 heterocycles. The van der Waals surface area contributed by atoms with E-state index in [2.05, 4.69) is 20.6 Å². The molecular weight excluding hydrogens is 285 g/mol. The third-order valence-electron chi connectivity index (χ3n) is 3.29. The summed E-state index contributed by atoms with van der Waals surface area (Å²) in [5, 5.41) is 13.3. The molecule has 3 rings (SSSR count). The lowest BCUT2D eigenvalue weighted by molar-refractivity contribution is 0.0935. The monoisotopic (exact) mass is 299 g/mol. The molecule has 0 unspecified atom stereocenters. The summed E-state index contributed by atoms with van der Waals surface area (Å²) >= 11 is 0. The van der Waals surface area contributed by atoms with Gasteiger partial charge in [0.15, 0.2) is 0 Å². The van der Waals surface area contributed by atoms with E-state index in [4.69, 9.17) is 0 Å². The number of halogens is 1. The number of aromatic nitrogens is 4. The summed E-state index contributed by atoms with van der Waals surface area (Å²) in [5.74, 6) is -0.616. The number of hydrogen-bond acceptors (Lipinski definition) is 3. The number of benzene rings is 1. The number of para-hydroxylation sites is 1. The summed E-state index contributed by atoms with van der Waals surface area (Å²) in [6.45, 7) is 1.83. The van der Waals surface area contributed by atoms with Gasteiger partial charge in [-0.1, -0.05) is 12.1 Å². The summed E-state index contributed by atoms with van der Waals surface area (Å²) in [6.07, 6.45) is 4.80. The molecule has 0 aliphatic rings. The third kappa shape index (κ3) is 2.73. The SMILES string of the molecule is C[C@H](NC(=O)c1ccn[nH]1)c1cnn(-c2ccccc2F)c1. The largest absolute Gasteiger partial charge is 0.344 e. The van der Waals surface area contributed by atoms with Crippen molar-refractivity contribution in [1.82, 2.24) is 25.3 Å². The highest BCUT2D eigenvalue weighted by Gasteiger charge is 2.15. The van der Waals surface area contributed by atoms with Crippen LogP contribution in [0.1, 0.15) is 29.0 Å². The van der Waals surface area contributed by atoms with Crippen LogP contribution in [0.15, 0.2) is 48.9 Å². The summed E-state index contributed by atoms with van der Waals surface area (Å²) < 4.78 is 15.2. The number of carbonyl (C=O) groups excluding carboxylic acids is 1. The zero-order valence-electron chi connectivity index (χ0n) is 11.8. The Kier molecular flexibility index (Phi) is 3.69. The fourth-order valence-electron chi connectivity index (χ4n) is 2.07. The maximum Gasteiger partial charge on any atom is 0.269 e. The molecule has 7 heteroatoms. The first-order valence-electron chi connectivity index (χ1n) is 6.75. The lowest BCUT2D eigenvalue weighted by atomic mass is 10.2. The van der Waals surface area contributed by atoms with Crippen molar-refractivity contribution in [3.05, 3.63) is 66.0 Å². The first-order valence-corrected chi connectivity index (χ1v) is 6.75. The van der Waals surface area contributed by atoms with E-state index in [9.17, 15) is 9.18 Å². The molecule has 1 amide bonds. The van der Waals surface area contributed by atoms with Gasteiger partial charge in [-0.15, -0.1) is 0 Å². The Morgan fingerprint density at radius 2 is 2.18 bits per heavy atom. The van der Waals surface area contributed by atoms with Crippen molar-refractivity contribution in [2.45, 2.75) is 13.0 Å². The minimum absolute atomic E-state index is 0.261. The predicted molar refractivity (Wildman–Crippen MR) is 78.0 cm³/mol. The summed E-state index contributed by atoms with van der Waals surface area (Å²) in [7, 11) is 0. The number of amides is 1. The van der Waals surface area contributed by atoms with Gasteiger partial charge < -0.3 is 5.32 Å². The molecule has 2 aromatic heterocycles. The molecule has 0 saturated heterocycles. The number of carbonyl (C=O) groups is 1.